The van der Waals surface area contributed by atoms with Crippen molar-refractivity contribution in [3.63, 3.8) is 0 Å². The molecule has 6 nitrogen and oxygen atoms in total. The summed E-state index contributed by atoms with van der Waals surface area (Å²) in [5.74, 6) is -1.70. The smallest absolute Gasteiger partial charge is 0.311 e. The maximum absolute atomic E-state index is 14.5. The fraction of sp³-hybridized carbons (Fsp3) is 0.174. The van der Waals surface area contributed by atoms with Crippen molar-refractivity contribution in [3.05, 3.63) is 83.1 Å². The lowest BCUT2D eigenvalue weighted by Crippen LogP contribution is -2.21. The number of aryl methyl sites for hydroxylation is 2. The molecular formula is C23H19F5N4O2. The molecule has 3 amide bonds. The first kappa shape index (κ1) is 24.6. The molecule has 1 aromatic heterocycles. The van der Waals surface area contributed by atoms with E-state index in [2.05, 4.69) is 15.6 Å². The second-order valence-corrected chi connectivity index (χ2v) is 7.32. The molecule has 3 rings (SSSR count). The van der Waals surface area contributed by atoms with Gasteiger partial charge in [-0.05, 0) is 66.4 Å². The Morgan fingerprint density at radius 2 is 1.50 bits per heavy atom. The minimum atomic E-state index is -4.72. The van der Waals surface area contributed by atoms with E-state index in [1.54, 1.807) is 24.4 Å². The van der Waals surface area contributed by atoms with E-state index in [4.69, 9.17) is 0 Å². The molecule has 0 spiro atoms. The van der Waals surface area contributed by atoms with Crippen molar-refractivity contribution in [3.8, 4) is 0 Å². The van der Waals surface area contributed by atoms with E-state index >= 15 is 0 Å². The summed E-state index contributed by atoms with van der Waals surface area (Å²) in [6, 6.07) is 7.99. The molecule has 1 heterocycles. The van der Waals surface area contributed by atoms with Gasteiger partial charge in [-0.15, -0.1) is 0 Å². The molecule has 0 bridgehead atoms. The minimum absolute atomic E-state index is 0.231. The molecule has 0 saturated carbocycles. The zero-order valence-corrected chi connectivity index (χ0v) is 17.8. The molecule has 34 heavy (non-hydrogen) atoms. The first-order valence-corrected chi connectivity index (χ1v) is 9.97. The Labute approximate surface area is 191 Å². The van der Waals surface area contributed by atoms with Crippen LogP contribution in [-0.4, -0.2) is 16.9 Å². The predicted octanol–water partition coefficient (Wildman–Crippen LogP) is 5.77. The predicted molar refractivity (Wildman–Crippen MR) is 116 cm³/mol. The summed E-state index contributed by atoms with van der Waals surface area (Å²) >= 11 is 0. The monoisotopic (exact) mass is 478 g/mol. The number of benzene rings is 2. The molecule has 0 unspecified atom stereocenters. The average molecular weight is 478 g/mol. The van der Waals surface area contributed by atoms with Crippen molar-refractivity contribution >= 4 is 29.1 Å². The zero-order chi connectivity index (χ0) is 24.9. The normalized spacial score (nSPS) is 11.1. The number of amides is 3. The van der Waals surface area contributed by atoms with Gasteiger partial charge < -0.3 is 16.0 Å². The average Bonchev–Trinajstić information content (AvgIpc) is 2.74. The highest BCUT2D eigenvalue weighted by Crippen LogP contribution is 2.32. The molecular weight excluding hydrogens is 459 g/mol. The van der Waals surface area contributed by atoms with Gasteiger partial charge in [0.2, 0.25) is 5.91 Å². The van der Waals surface area contributed by atoms with Gasteiger partial charge >= 0.3 is 12.2 Å². The molecule has 0 aliphatic heterocycles. The quantitative estimate of drug-likeness (QED) is 0.394. The highest BCUT2D eigenvalue weighted by Gasteiger charge is 2.31. The first-order chi connectivity index (χ1) is 16.0. The van der Waals surface area contributed by atoms with Crippen molar-refractivity contribution in [2.45, 2.75) is 25.9 Å². The lowest BCUT2D eigenvalue weighted by molar-refractivity contribution is -0.137. The van der Waals surface area contributed by atoms with Crippen LogP contribution in [0.5, 0.6) is 0 Å². The van der Waals surface area contributed by atoms with Gasteiger partial charge in [0.15, 0.2) is 0 Å². The van der Waals surface area contributed by atoms with Crippen molar-refractivity contribution in [2.24, 2.45) is 0 Å². The van der Waals surface area contributed by atoms with E-state index in [9.17, 15) is 31.5 Å². The van der Waals surface area contributed by atoms with Crippen LogP contribution >= 0.6 is 0 Å². The van der Waals surface area contributed by atoms with Crippen molar-refractivity contribution < 1.29 is 31.5 Å². The summed E-state index contributed by atoms with van der Waals surface area (Å²) in [6.07, 6.45) is -2.20. The van der Waals surface area contributed by atoms with Crippen LogP contribution in [0.3, 0.4) is 0 Å². The maximum atomic E-state index is 14.5. The van der Waals surface area contributed by atoms with Crippen LogP contribution in [0.15, 0.2) is 54.7 Å². The van der Waals surface area contributed by atoms with Gasteiger partial charge in [-0.25, -0.2) is 18.6 Å². The fourth-order valence-electron chi connectivity index (χ4n) is 3.06. The number of carbonyl (C=O) groups is 2. The number of alkyl halides is 3. The van der Waals surface area contributed by atoms with E-state index in [0.717, 1.165) is 5.56 Å². The molecule has 0 radical (unpaired) electrons. The van der Waals surface area contributed by atoms with Crippen molar-refractivity contribution in [1.82, 2.24) is 4.98 Å². The van der Waals surface area contributed by atoms with Gasteiger partial charge in [-0.2, -0.15) is 13.2 Å². The van der Waals surface area contributed by atoms with E-state index < -0.39 is 35.1 Å². The second-order valence-electron chi connectivity index (χ2n) is 7.32. The summed E-state index contributed by atoms with van der Waals surface area (Å²) in [6.45, 7) is 1.36. The molecule has 0 saturated heterocycles. The second kappa shape index (κ2) is 10.3. The Hall–Kier alpha value is -4.02. The summed E-state index contributed by atoms with van der Waals surface area (Å²) < 4.78 is 66.6. The Morgan fingerprint density at radius 3 is 2.15 bits per heavy atom. The molecule has 3 aromatic rings. The van der Waals surface area contributed by atoms with E-state index in [-0.39, 0.29) is 11.6 Å². The van der Waals surface area contributed by atoms with Gasteiger partial charge in [-0.3, -0.25) is 4.79 Å². The third-order valence-corrected chi connectivity index (χ3v) is 4.65. The van der Waals surface area contributed by atoms with Gasteiger partial charge in [0.05, 0.1) is 16.9 Å². The Bertz CT molecular complexity index is 1210. The fourth-order valence-corrected chi connectivity index (χ4v) is 3.06. The van der Waals surface area contributed by atoms with Crippen molar-refractivity contribution in [2.75, 3.05) is 16.0 Å². The highest BCUT2D eigenvalue weighted by molar-refractivity contribution is 6.00. The third kappa shape index (κ3) is 6.74. The Morgan fingerprint density at radius 1 is 0.824 bits per heavy atom. The lowest BCUT2D eigenvalue weighted by atomic mass is 10.0. The van der Waals surface area contributed by atoms with Crippen LogP contribution in [0.1, 0.15) is 23.6 Å². The molecule has 0 aliphatic rings. The van der Waals surface area contributed by atoms with E-state index in [0.29, 0.717) is 42.4 Å². The SMILES string of the molecule is CC(=O)Nc1cc(CCc2ccc(NC(=O)Nc3cc(C(F)(F)F)ccc3F)c(F)c2)ccn1. The number of aromatic nitrogens is 1. The third-order valence-electron chi connectivity index (χ3n) is 4.65. The van der Waals surface area contributed by atoms with Crippen LogP contribution in [0.2, 0.25) is 0 Å². The largest absolute Gasteiger partial charge is 0.416 e. The number of nitrogens with zero attached hydrogens (tertiary/aromatic N) is 1. The van der Waals surface area contributed by atoms with Gasteiger partial charge in [0.25, 0.3) is 0 Å². The van der Waals surface area contributed by atoms with Crippen LogP contribution in [0, 0.1) is 11.6 Å². The van der Waals surface area contributed by atoms with Crippen LogP contribution < -0.4 is 16.0 Å². The van der Waals surface area contributed by atoms with E-state index in [1.807, 2.05) is 5.32 Å². The standard InChI is InChI=1S/C23H19F5N4O2/c1-13(33)30-21-11-15(8-9-29-21)3-2-14-4-7-19(18(25)10-14)31-22(34)32-20-12-16(23(26,27)28)5-6-17(20)24/h4-12H,2-3H2,1H3,(H,29,30,33)(H2,31,32,34). The molecule has 178 valence electrons. The lowest BCUT2D eigenvalue weighted by Gasteiger charge is -2.12. The number of hydrogen-bond acceptors (Lipinski definition) is 3. The van der Waals surface area contributed by atoms with E-state index in [1.165, 1.54) is 19.1 Å². The van der Waals surface area contributed by atoms with Crippen LogP contribution in [0.25, 0.3) is 0 Å². The summed E-state index contributed by atoms with van der Waals surface area (Å²) in [4.78, 5) is 27.2. The Kier molecular flexibility index (Phi) is 7.44. The Balaban J connectivity index is 1.62. The van der Waals surface area contributed by atoms with Gasteiger partial charge in [0, 0.05) is 13.1 Å². The highest BCUT2D eigenvalue weighted by atomic mass is 19.4. The number of halogens is 5. The summed E-state index contributed by atoms with van der Waals surface area (Å²) in [5.41, 5.74) is -0.585. The summed E-state index contributed by atoms with van der Waals surface area (Å²) in [5, 5.41) is 6.67. The minimum Gasteiger partial charge on any atom is -0.311 e. The maximum Gasteiger partial charge on any atom is 0.416 e. The summed E-state index contributed by atoms with van der Waals surface area (Å²) in [7, 11) is 0. The van der Waals surface area contributed by atoms with Crippen LogP contribution in [-0.2, 0) is 23.8 Å². The van der Waals surface area contributed by atoms with Crippen LogP contribution in [0.4, 0.5) is 43.9 Å². The molecule has 2 aromatic carbocycles. The van der Waals surface area contributed by atoms with Gasteiger partial charge in [0.1, 0.15) is 17.5 Å². The number of carbonyl (C=O) groups excluding carboxylic acids is 2. The van der Waals surface area contributed by atoms with Crippen molar-refractivity contribution in [1.29, 1.82) is 0 Å². The zero-order valence-electron chi connectivity index (χ0n) is 17.8. The molecule has 3 N–H and O–H groups in total. The topological polar surface area (TPSA) is 83.1 Å². The molecule has 0 aliphatic carbocycles. The first-order valence-electron chi connectivity index (χ1n) is 9.97. The molecule has 0 fully saturated rings. The van der Waals surface area contributed by atoms with Gasteiger partial charge in [-0.1, -0.05) is 6.07 Å². The number of nitrogens with one attached hydrogen (secondary N) is 3. The number of pyridine rings is 1. The number of anilines is 3. The number of rotatable bonds is 6. The number of hydrogen-bond donors (Lipinski definition) is 3. The molecule has 11 heteroatoms. The molecule has 0 atom stereocenters. The number of urea groups is 1.